The highest BCUT2D eigenvalue weighted by molar-refractivity contribution is 5.95. The van der Waals surface area contributed by atoms with Gasteiger partial charge in [0.25, 0.3) is 0 Å². The van der Waals surface area contributed by atoms with Crippen LogP contribution < -0.4 is 15.4 Å². The van der Waals surface area contributed by atoms with Gasteiger partial charge in [0.1, 0.15) is 0 Å². The second-order valence-electron chi connectivity index (χ2n) is 5.63. The van der Waals surface area contributed by atoms with E-state index in [9.17, 15) is 14.7 Å². The molecule has 1 heterocycles. The van der Waals surface area contributed by atoms with Gasteiger partial charge in [-0.15, -0.1) is 0 Å². The molecular formula is C17H22N2O5. The smallest absolute Gasteiger partial charge is 0.338 e. The fourth-order valence-electron chi connectivity index (χ4n) is 2.42. The van der Waals surface area contributed by atoms with E-state index < -0.39 is 18.0 Å². The first-order chi connectivity index (χ1) is 11.4. The number of ether oxygens (including phenoxy) is 2. The van der Waals surface area contributed by atoms with Crippen molar-refractivity contribution in [2.24, 2.45) is 0 Å². The maximum absolute atomic E-state index is 12.5. The number of hydrogen-bond acceptors (Lipinski definition) is 5. The highest BCUT2D eigenvalue weighted by Gasteiger charge is 2.33. The van der Waals surface area contributed by atoms with Crippen molar-refractivity contribution in [1.82, 2.24) is 10.6 Å². The maximum Gasteiger partial charge on any atom is 0.338 e. The first kappa shape index (κ1) is 17.7. The summed E-state index contributed by atoms with van der Waals surface area (Å²) in [6.45, 7) is 5.38. The van der Waals surface area contributed by atoms with Gasteiger partial charge in [-0.2, -0.15) is 0 Å². The number of allylic oxidation sites excluding steroid dienone is 1. The minimum atomic E-state index is -0.690. The van der Waals surface area contributed by atoms with Gasteiger partial charge in [-0.05, 0) is 38.0 Å². The summed E-state index contributed by atoms with van der Waals surface area (Å²) in [5.41, 5.74) is 1.36. The SMILES string of the molecule is CC[C@@H](C)OC(=O)C1=C(C)NC(=O)N[C@H]1c1ccc(O)c(OC)c1. The summed E-state index contributed by atoms with van der Waals surface area (Å²) in [6, 6.07) is 3.55. The van der Waals surface area contributed by atoms with E-state index >= 15 is 0 Å². The zero-order valence-electron chi connectivity index (χ0n) is 14.2. The van der Waals surface area contributed by atoms with Crippen molar-refractivity contribution in [1.29, 1.82) is 0 Å². The van der Waals surface area contributed by atoms with E-state index in [1.54, 1.807) is 26.0 Å². The summed E-state index contributed by atoms with van der Waals surface area (Å²) in [5.74, 6) is -0.259. The Labute approximate surface area is 140 Å². The topological polar surface area (TPSA) is 96.9 Å². The van der Waals surface area contributed by atoms with Crippen molar-refractivity contribution in [2.45, 2.75) is 39.3 Å². The third kappa shape index (κ3) is 3.61. The Balaban J connectivity index is 2.43. The van der Waals surface area contributed by atoms with E-state index in [1.165, 1.54) is 13.2 Å². The molecule has 2 amide bonds. The largest absolute Gasteiger partial charge is 0.504 e. The molecule has 0 saturated heterocycles. The number of rotatable bonds is 5. The zero-order chi connectivity index (χ0) is 17.9. The summed E-state index contributed by atoms with van der Waals surface area (Å²) in [4.78, 5) is 24.4. The van der Waals surface area contributed by atoms with E-state index in [2.05, 4.69) is 10.6 Å². The fourth-order valence-corrected chi connectivity index (χ4v) is 2.42. The van der Waals surface area contributed by atoms with Gasteiger partial charge < -0.3 is 25.2 Å². The first-order valence-electron chi connectivity index (χ1n) is 7.73. The van der Waals surface area contributed by atoms with Gasteiger partial charge in [0.2, 0.25) is 0 Å². The van der Waals surface area contributed by atoms with Gasteiger partial charge >= 0.3 is 12.0 Å². The first-order valence-corrected chi connectivity index (χ1v) is 7.73. The van der Waals surface area contributed by atoms with Crippen LogP contribution in [0.2, 0.25) is 0 Å². The van der Waals surface area contributed by atoms with Crippen molar-refractivity contribution in [3.63, 3.8) is 0 Å². The lowest BCUT2D eigenvalue weighted by molar-refractivity contribution is -0.144. The number of carbonyl (C=O) groups is 2. The quantitative estimate of drug-likeness (QED) is 0.718. The van der Waals surface area contributed by atoms with Crippen LogP contribution in [0.25, 0.3) is 0 Å². The lowest BCUT2D eigenvalue weighted by Crippen LogP contribution is -2.45. The molecule has 0 fully saturated rings. The summed E-state index contributed by atoms with van der Waals surface area (Å²) in [7, 11) is 1.43. The van der Waals surface area contributed by atoms with Crippen molar-refractivity contribution in [3.05, 3.63) is 35.0 Å². The standard InChI is InChI=1S/C17H22N2O5/c1-5-9(2)24-16(21)14-10(3)18-17(22)19-15(14)11-6-7-12(20)13(8-11)23-4/h6-9,15,20H,5H2,1-4H3,(H2,18,19,22)/t9-,15+/m1/s1. The predicted octanol–water partition coefficient (Wildman–Crippen LogP) is 2.37. The zero-order valence-corrected chi connectivity index (χ0v) is 14.2. The summed E-state index contributed by atoms with van der Waals surface area (Å²) in [5, 5.41) is 15.0. The molecule has 1 aromatic carbocycles. The lowest BCUT2D eigenvalue weighted by atomic mass is 9.95. The molecule has 0 radical (unpaired) electrons. The van der Waals surface area contributed by atoms with Crippen molar-refractivity contribution in [2.75, 3.05) is 7.11 Å². The molecule has 1 aliphatic rings. The number of amides is 2. The number of esters is 1. The number of hydrogen-bond donors (Lipinski definition) is 3. The van der Waals surface area contributed by atoms with Gasteiger partial charge in [0, 0.05) is 5.70 Å². The van der Waals surface area contributed by atoms with Gasteiger partial charge in [0.05, 0.1) is 24.8 Å². The number of methoxy groups -OCH3 is 1. The monoisotopic (exact) mass is 334 g/mol. The predicted molar refractivity (Wildman–Crippen MR) is 87.6 cm³/mol. The number of urea groups is 1. The highest BCUT2D eigenvalue weighted by Crippen LogP contribution is 2.33. The molecule has 0 bridgehead atoms. The van der Waals surface area contributed by atoms with Crippen LogP contribution in [0.15, 0.2) is 29.5 Å². The van der Waals surface area contributed by atoms with E-state index in [4.69, 9.17) is 9.47 Å². The van der Waals surface area contributed by atoms with Crippen molar-refractivity contribution in [3.8, 4) is 11.5 Å². The summed E-state index contributed by atoms with van der Waals surface area (Å²) >= 11 is 0. The van der Waals surface area contributed by atoms with E-state index in [0.29, 0.717) is 23.3 Å². The Morgan fingerprint density at radius 3 is 2.75 bits per heavy atom. The Morgan fingerprint density at radius 1 is 1.42 bits per heavy atom. The van der Waals surface area contributed by atoms with Gasteiger partial charge in [-0.25, -0.2) is 9.59 Å². The Hall–Kier alpha value is -2.70. The summed E-state index contributed by atoms with van der Waals surface area (Å²) in [6.07, 6.45) is 0.459. The van der Waals surface area contributed by atoms with Crippen molar-refractivity contribution < 1.29 is 24.2 Å². The number of phenols is 1. The molecule has 0 unspecified atom stereocenters. The lowest BCUT2D eigenvalue weighted by Gasteiger charge is -2.29. The third-order valence-corrected chi connectivity index (χ3v) is 3.91. The van der Waals surface area contributed by atoms with Crippen molar-refractivity contribution >= 4 is 12.0 Å². The molecule has 0 saturated carbocycles. The molecule has 0 aromatic heterocycles. The van der Waals surface area contributed by atoms with Gasteiger partial charge in [0.15, 0.2) is 11.5 Å². The molecule has 2 rings (SSSR count). The minimum absolute atomic E-state index is 0.0223. The Bertz CT molecular complexity index is 684. The highest BCUT2D eigenvalue weighted by atomic mass is 16.5. The second kappa shape index (κ2) is 7.25. The molecule has 130 valence electrons. The van der Waals surface area contributed by atoms with Crippen LogP contribution in [-0.4, -0.2) is 30.3 Å². The fraction of sp³-hybridized carbons (Fsp3) is 0.412. The van der Waals surface area contributed by atoms with Gasteiger partial charge in [-0.1, -0.05) is 13.0 Å². The average Bonchev–Trinajstić information content (AvgIpc) is 2.54. The molecule has 7 heteroatoms. The van der Waals surface area contributed by atoms with Gasteiger partial charge in [-0.3, -0.25) is 0 Å². The van der Waals surface area contributed by atoms with Crippen LogP contribution in [0, 0.1) is 0 Å². The van der Waals surface area contributed by atoms with Crippen LogP contribution in [0.4, 0.5) is 4.79 Å². The van der Waals surface area contributed by atoms with E-state index in [0.717, 1.165) is 0 Å². The van der Waals surface area contributed by atoms with E-state index in [-0.39, 0.29) is 17.6 Å². The number of aromatic hydroxyl groups is 1. The molecule has 7 nitrogen and oxygen atoms in total. The number of carbonyl (C=O) groups excluding carboxylic acids is 2. The van der Waals surface area contributed by atoms with Crippen LogP contribution in [-0.2, 0) is 9.53 Å². The molecule has 24 heavy (non-hydrogen) atoms. The van der Waals surface area contributed by atoms with Crippen LogP contribution in [0.5, 0.6) is 11.5 Å². The molecule has 1 aromatic rings. The Morgan fingerprint density at radius 2 is 2.12 bits per heavy atom. The van der Waals surface area contributed by atoms with Crippen LogP contribution in [0.1, 0.15) is 38.8 Å². The molecule has 3 N–H and O–H groups in total. The average molecular weight is 334 g/mol. The number of benzene rings is 1. The number of phenolic OH excluding ortho intramolecular Hbond substituents is 1. The molecular weight excluding hydrogens is 312 g/mol. The molecule has 1 aliphatic heterocycles. The minimum Gasteiger partial charge on any atom is -0.504 e. The molecule has 2 atom stereocenters. The third-order valence-electron chi connectivity index (χ3n) is 3.91. The Kier molecular flexibility index (Phi) is 5.33. The second-order valence-corrected chi connectivity index (χ2v) is 5.63. The normalized spacial score (nSPS) is 18.5. The summed E-state index contributed by atoms with van der Waals surface area (Å²) < 4.78 is 10.5. The number of nitrogens with one attached hydrogen (secondary N) is 2. The van der Waals surface area contributed by atoms with Crippen LogP contribution >= 0.6 is 0 Å². The van der Waals surface area contributed by atoms with E-state index in [1.807, 2.05) is 6.92 Å². The molecule has 0 aliphatic carbocycles. The molecule has 0 spiro atoms. The maximum atomic E-state index is 12.5. The van der Waals surface area contributed by atoms with Crippen LogP contribution in [0.3, 0.4) is 0 Å².